The first-order chi connectivity index (χ1) is 4.20. The third-order valence-corrected chi connectivity index (χ3v) is 1.15. The van der Waals surface area contributed by atoms with E-state index in [1.807, 2.05) is 7.05 Å². The highest BCUT2D eigenvalue weighted by Crippen LogP contribution is 1.98. The fraction of sp³-hybridized carbons (Fsp3) is 0.400. The van der Waals surface area contributed by atoms with E-state index in [0.29, 0.717) is 5.70 Å². The number of hydrogen-bond acceptors (Lipinski definition) is 4. The Labute approximate surface area is 53.8 Å². The third-order valence-electron chi connectivity index (χ3n) is 1.15. The molecular formula is C5H10N4. The van der Waals surface area contributed by atoms with Gasteiger partial charge in [-0.25, -0.2) is 0 Å². The van der Waals surface area contributed by atoms with Gasteiger partial charge in [0.1, 0.15) is 0 Å². The van der Waals surface area contributed by atoms with Crippen LogP contribution in [0, 0.1) is 0 Å². The van der Waals surface area contributed by atoms with Gasteiger partial charge in [-0.15, -0.1) is 0 Å². The van der Waals surface area contributed by atoms with Crippen molar-refractivity contribution >= 4 is 6.21 Å². The molecule has 0 fully saturated rings. The molecule has 0 aromatic carbocycles. The van der Waals surface area contributed by atoms with Gasteiger partial charge in [0.2, 0.25) is 0 Å². The van der Waals surface area contributed by atoms with Gasteiger partial charge in [-0.1, -0.05) is 0 Å². The number of nitrogens with two attached hydrogens (primary N) is 2. The summed E-state index contributed by atoms with van der Waals surface area (Å²) in [4.78, 5) is 5.62. The van der Waals surface area contributed by atoms with E-state index < -0.39 is 0 Å². The summed E-state index contributed by atoms with van der Waals surface area (Å²) in [7, 11) is 1.83. The molecule has 4 heteroatoms. The number of rotatable bonds is 0. The molecule has 50 valence electrons. The maximum Gasteiger partial charge on any atom is 0.173 e. The first-order valence-electron chi connectivity index (χ1n) is 2.68. The first kappa shape index (κ1) is 6.10. The van der Waals surface area contributed by atoms with Crippen molar-refractivity contribution in [2.45, 2.75) is 6.29 Å². The van der Waals surface area contributed by atoms with Gasteiger partial charge in [-0.05, 0) is 0 Å². The van der Waals surface area contributed by atoms with Crippen molar-refractivity contribution in [3.05, 3.63) is 11.9 Å². The Balaban J connectivity index is 2.70. The van der Waals surface area contributed by atoms with Gasteiger partial charge in [0.05, 0.1) is 5.70 Å². The molecule has 0 amide bonds. The summed E-state index contributed by atoms with van der Waals surface area (Å²) in [6, 6.07) is 0. The van der Waals surface area contributed by atoms with Gasteiger partial charge in [0.25, 0.3) is 0 Å². The number of aliphatic imine (C=N–C) groups is 1. The summed E-state index contributed by atoms with van der Waals surface area (Å²) >= 11 is 0. The van der Waals surface area contributed by atoms with Crippen LogP contribution in [0.4, 0.5) is 0 Å². The molecule has 1 unspecified atom stereocenters. The molecule has 0 saturated heterocycles. The smallest absolute Gasteiger partial charge is 0.173 e. The van der Waals surface area contributed by atoms with E-state index in [1.54, 1.807) is 17.3 Å². The second kappa shape index (κ2) is 2.06. The Kier molecular flexibility index (Phi) is 1.40. The molecule has 4 nitrogen and oxygen atoms in total. The summed E-state index contributed by atoms with van der Waals surface area (Å²) in [5.74, 6) is 0. The van der Waals surface area contributed by atoms with E-state index in [9.17, 15) is 0 Å². The van der Waals surface area contributed by atoms with Crippen molar-refractivity contribution in [2.75, 3.05) is 7.05 Å². The molecule has 0 radical (unpaired) electrons. The minimum absolute atomic E-state index is 0.266. The molecular weight excluding hydrogens is 116 g/mol. The average molecular weight is 126 g/mol. The Bertz CT molecular complexity index is 160. The van der Waals surface area contributed by atoms with Crippen LogP contribution in [0.1, 0.15) is 0 Å². The Hall–Kier alpha value is -1.03. The minimum atomic E-state index is -0.266. The van der Waals surface area contributed by atoms with Crippen LogP contribution in [0.3, 0.4) is 0 Å². The Morgan fingerprint density at radius 3 is 2.89 bits per heavy atom. The van der Waals surface area contributed by atoms with E-state index in [1.165, 1.54) is 0 Å². The highest BCUT2D eigenvalue weighted by atomic mass is 15.3. The monoisotopic (exact) mass is 126 g/mol. The number of allylic oxidation sites excluding steroid dienone is 1. The second-order valence-electron chi connectivity index (χ2n) is 1.99. The van der Waals surface area contributed by atoms with Crippen molar-refractivity contribution in [1.29, 1.82) is 0 Å². The third kappa shape index (κ3) is 1.20. The quantitative estimate of drug-likeness (QED) is 0.439. The summed E-state index contributed by atoms with van der Waals surface area (Å²) in [6.45, 7) is 0. The summed E-state index contributed by atoms with van der Waals surface area (Å²) in [5.41, 5.74) is 11.5. The molecule has 0 bridgehead atoms. The molecule has 0 aromatic rings. The highest BCUT2D eigenvalue weighted by Gasteiger charge is 2.06. The molecule has 0 aromatic heterocycles. The highest BCUT2D eigenvalue weighted by molar-refractivity contribution is 5.77. The zero-order valence-corrected chi connectivity index (χ0v) is 5.28. The average Bonchev–Trinajstić information content (AvgIpc) is 1.80. The van der Waals surface area contributed by atoms with Crippen molar-refractivity contribution in [2.24, 2.45) is 16.5 Å². The van der Waals surface area contributed by atoms with Crippen LogP contribution in [0.2, 0.25) is 0 Å². The van der Waals surface area contributed by atoms with Crippen LogP contribution < -0.4 is 11.5 Å². The van der Waals surface area contributed by atoms with Gasteiger partial charge in [-0.2, -0.15) is 0 Å². The van der Waals surface area contributed by atoms with Crippen LogP contribution in [0.15, 0.2) is 16.9 Å². The molecule has 9 heavy (non-hydrogen) atoms. The van der Waals surface area contributed by atoms with Crippen molar-refractivity contribution in [3.8, 4) is 0 Å². The van der Waals surface area contributed by atoms with Gasteiger partial charge in [0.15, 0.2) is 6.29 Å². The van der Waals surface area contributed by atoms with E-state index in [-0.39, 0.29) is 6.29 Å². The minimum Gasteiger partial charge on any atom is -0.396 e. The van der Waals surface area contributed by atoms with Gasteiger partial charge in [0, 0.05) is 19.5 Å². The van der Waals surface area contributed by atoms with Crippen molar-refractivity contribution < 1.29 is 0 Å². The lowest BCUT2D eigenvalue weighted by molar-refractivity contribution is 0.342. The van der Waals surface area contributed by atoms with Crippen molar-refractivity contribution in [1.82, 2.24) is 4.90 Å². The molecule has 1 aliphatic rings. The molecule has 4 N–H and O–H groups in total. The van der Waals surface area contributed by atoms with Gasteiger partial charge >= 0.3 is 0 Å². The molecule has 0 saturated carbocycles. The summed E-state index contributed by atoms with van der Waals surface area (Å²) < 4.78 is 0. The topological polar surface area (TPSA) is 67.6 Å². The van der Waals surface area contributed by atoms with Gasteiger partial charge < -0.3 is 10.6 Å². The van der Waals surface area contributed by atoms with Crippen LogP contribution in [-0.4, -0.2) is 24.5 Å². The maximum absolute atomic E-state index is 5.47. The normalized spacial score (nSPS) is 26.2. The molecule has 0 spiro atoms. The SMILES string of the molecule is CN1C=C(N)C=NC1N. The first-order valence-corrected chi connectivity index (χ1v) is 2.68. The van der Waals surface area contributed by atoms with E-state index in [2.05, 4.69) is 4.99 Å². The Morgan fingerprint density at radius 1 is 1.78 bits per heavy atom. The lowest BCUT2D eigenvalue weighted by Crippen LogP contribution is -2.37. The van der Waals surface area contributed by atoms with E-state index in [4.69, 9.17) is 11.5 Å². The molecule has 1 atom stereocenters. The lowest BCUT2D eigenvalue weighted by Gasteiger charge is -2.22. The molecule has 1 rings (SSSR count). The summed E-state index contributed by atoms with van der Waals surface area (Å²) in [6.07, 6.45) is 3.04. The summed E-state index contributed by atoms with van der Waals surface area (Å²) in [5, 5.41) is 0. The molecule has 1 heterocycles. The fourth-order valence-electron chi connectivity index (χ4n) is 0.612. The Morgan fingerprint density at radius 2 is 2.44 bits per heavy atom. The lowest BCUT2D eigenvalue weighted by atomic mass is 10.4. The standard InChI is InChI=1S/C5H10N4/c1-9-3-4(6)2-8-5(9)7/h2-3,5H,6-7H2,1H3. The van der Waals surface area contributed by atoms with Crippen LogP contribution >= 0.6 is 0 Å². The number of nitrogens with zero attached hydrogens (tertiary/aromatic N) is 2. The largest absolute Gasteiger partial charge is 0.396 e. The predicted octanol–water partition coefficient (Wildman–Crippen LogP) is -0.955. The zero-order chi connectivity index (χ0) is 6.85. The second-order valence-corrected chi connectivity index (χ2v) is 1.99. The molecule has 0 aliphatic carbocycles. The van der Waals surface area contributed by atoms with E-state index >= 15 is 0 Å². The predicted molar refractivity (Wildman–Crippen MR) is 36.5 cm³/mol. The fourth-order valence-corrected chi connectivity index (χ4v) is 0.612. The maximum atomic E-state index is 5.47. The van der Waals surface area contributed by atoms with Crippen molar-refractivity contribution in [3.63, 3.8) is 0 Å². The van der Waals surface area contributed by atoms with Gasteiger partial charge in [-0.3, -0.25) is 10.7 Å². The number of hydrogen-bond donors (Lipinski definition) is 2. The van der Waals surface area contributed by atoms with Crippen LogP contribution in [0.5, 0.6) is 0 Å². The molecule has 1 aliphatic heterocycles. The van der Waals surface area contributed by atoms with Crippen LogP contribution in [-0.2, 0) is 0 Å². The zero-order valence-electron chi connectivity index (χ0n) is 5.28. The van der Waals surface area contributed by atoms with Crippen LogP contribution in [0.25, 0.3) is 0 Å². The van der Waals surface area contributed by atoms with E-state index in [0.717, 1.165) is 0 Å².